The Hall–Kier alpha value is -3.16. The third-order valence-electron chi connectivity index (χ3n) is 7.29. The third kappa shape index (κ3) is 7.93. The Bertz CT molecular complexity index is 1200. The second kappa shape index (κ2) is 12.8. The first kappa shape index (κ1) is 28.8. The fourth-order valence-corrected chi connectivity index (χ4v) is 5.59. The molecule has 3 atom stereocenters. The maximum atomic E-state index is 13.6. The summed E-state index contributed by atoms with van der Waals surface area (Å²) in [7, 11) is 0. The number of nitrogens with zero attached hydrogens (tertiary/aromatic N) is 2. The number of aliphatic hydroxyl groups is 1. The van der Waals surface area contributed by atoms with Crippen LogP contribution in [0, 0.1) is 11.8 Å². The zero-order valence-corrected chi connectivity index (χ0v) is 22.5. The normalized spacial score (nSPS) is 18.8. The van der Waals surface area contributed by atoms with Crippen molar-refractivity contribution in [3.8, 4) is 0 Å². The van der Waals surface area contributed by atoms with Crippen molar-refractivity contribution in [2.24, 2.45) is 11.8 Å². The Labute approximate surface area is 229 Å². The molecule has 1 amide bonds. The van der Waals surface area contributed by atoms with Crippen LogP contribution in [0.1, 0.15) is 46.8 Å². The molecule has 1 heterocycles. The predicted octanol–water partition coefficient (Wildman–Crippen LogP) is 6.12. The van der Waals surface area contributed by atoms with Gasteiger partial charge in [0.1, 0.15) is 0 Å². The number of carbonyl (C=O) groups excluding carboxylic acids is 1. The summed E-state index contributed by atoms with van der Waals surface area (Å²) < 4.78 is 40.7. The molecule has 1 N–H and O–H groups in total. The number of benzene rings is 3. The van der Waals surface area contributed by atoms with E-state index in [2.05, 4.69) is 18.7 Å². The van der Waals surface area contributed by atoms with Crippen LogP contribution in [0.3, 0.4) is 0 Å². The summed E-state index contributed by atoms with van der Waals surface area (Å²) in [6.07, 6.45) is -4.53. The van der Waals surface area contributed by atoms with Crippen LogP contribution in [0.2, 0.25) is 0 Å². The molecule has 4 rings (SSSR count). The SMILES string of the molecule is CC(C)CN(CC1CN(CC(O)Cc2ccccc2)CC1c1cccc(C(F)(F)F)c1)C(=O)c1ccccc1. The Morgan fingerprint density at radius 2 is 1.64 bits per heavy atom. The van der Waals surface area contributed by atoms with E-state index in [1.807, 2.05) is 53.4 Å². The van der Waals surface area contributed by atoms with E-state index in [9.17, 15) is 23.1 Å². The first-order chi connectivity index (χ1) is 18.6. The molecule has 7 heteroatoms. The van der Waals surface area contributed by atoms with Gasteiger partial charge in [-0.25, -0.2) is 0 Å². The van der Waals surface area contributed by atoms with Gasteiger partial charge in [-0.05, 0) is 47.6 Å². The molecule has 208 valence electrons. The van der Waals surface area contributed by atoms with E-state index in [-0.39, 0.29) is 23.7 Å². The van der Waals surface area contributed by atoms with E-state index in [0.717, 1.165) is 11.6 Å². The van der Waals surface area contributed by atoms with Crippen molar-refractivity contribution >= 4 is 5.91 Å². The smallest absolute Gasteiger partial charge is 0.391 e. The Morgan fingerprint density at radius 1 is 0.974 bits per heavy atom. The highest BCUT2D eigenvalue weighted by Crippen LogP contribution is 2.37. The van der Waals surface area contributed by atoms with E-state index < -0.39 is 17.8 Å². The number of carbonyl (C=O) groups is 1. The topological polar surface area (TPSA) is 43.8 Å². The Morgan fingerprint density at radius 3 is 2.28 bits per heavy atom. The maximum Gasteiger partial charge on any atom is 0.416 e. The number of aliphatic hydroxyl groups excluding tert-OH is 1. The molecule has 0 aliphatic carbocycles. The molecule has 0 aromatic heterocycles. The van der Waals surface area contributed by atoms with Crippen molar-refractivity contribution < 1.29 is 23.1 Å². The molecule has 3 aromatic carbocycles. The Balaban J connectivity index is 1.58. The average molecular weight is 539 g/mol. The predicted molar refractivity (Wildman–Crippen MR) is 147 cm³/mol. The molecule has 4 nitrogen and oxygen atoms in total. The van der Waals surface area contributed by atoms with Crippen molar-refractivity contribution in [3.63, 3.8) is 0 Å². The average Bonchev–Trinajstić information content (AvgIpc) is 3.30. The van der Waals surface area contributed by atoms with Crippen LogP contribution in [-0.4, -0.2) is 59.6 Å². The van der Waals surface area contributed by atoms with Crippen molar-refractivity contribution in [1.29, 1.82) is 0 Å². The van der Waals surface area contributed by atoms with Gasteiger partial charge in [0.15, 0.2) is 0 Å². The molecule has 0 spiro atoms. The number of amides is 1. The molecule has 3 unspecified atom stereocenters. The summed E-state index contributed by atoms with van der Waals surface area (Å²) in [6, 6.07) is 24.4. The fourth-order valence-electron chi connectivity index (χ4n) is 5.59. The Kier molecular flexibility index (Phi) is 9.46. The van der Waals surface area contributed by atoms with Crippen LogP contribution >= 0.6 is 0 Å². The van der Waals surface area contributed by atoms with Gasteiger partial charge < -0.3 is 10.0 Å². The van der Waals surface area contributed by atoms with E-state index >= 15 is 0 Å². The largest absolute Gasteiger partial charge is 0.416 e. The highest BCUT2D eigenvalue weighted by Gasteiger charge is 2.38. The van der Waals surface area contributed by atoms with E-state index in [4.69, 9.17) is 0 Å². The van der Waals surface area contributed by atoms with Crippen molar-refractivity contribution in [2.45, 2.75) is 38.5 Å². The van der Waals surface area contributed by atoms with Crippen LogP contribution in [0.25, 0.3) is 0 Å². The van der Waals surface area contributed by atoms with Crippen LogP contribution in [0.5, 0.6) is 0 Å². The monoisotopic (exact) mass is 538 g/mol. The molecule has 0 bridgehead atoms. The lowest BCUT2D eigenvalue weighted by Gasteiger charge is -2.30. The zero-order chi connectivity index (χ0) is 28.0. The van der Waals surface area contributed by atoms with Gasteiger partial charge in [0, 0.05) is 44.2 Å². The molecule has 39 heavy (non-hydrogen) atoms. The summed E-state index contributed by atoms with van der Waals surface area (Å²) >= 11 is 0. The minimum Gasteiger partial charge on any atom is -0.391 e. The lowest BCUT2D eigenvalue weighted by molar-refractivity contribution is -0.137. The second-order valence-corrected chi connectivity index (χ2v) is 11.0. The summed E-state index contributed by atoms with van der Waals surface area (Å²) in [5.74, 6) is -0.122. The van der Waals surface area contributed by atoms with Gasteiger partial charge in [-0.15, -0.1) is 0 Å². The van der Waals surface area contributed by atoms with Gasteiger partial charge in [0.25, 0.3) is 5.91 Å². The van der Waals surface area contributed by atoms with Crippen molar-refractivity contribution in [2.75, 3.05) is 32.7 Å². The minimum absolute atomic E-state index is 0.0744. The first-order valence-corrected chi connectivity index (χ1v) is 13.6. The summed E-state index contributed by atoms with van der Waals surface area (Å²) in [6.45, 7) is 6.61. The summed E-state index contributed by atoms with van der Waals surface area (Å²) in [4.78, 5) is 17.5. The molecular weight excluding hydrogens is 501 g/mol. The molecule has 0 saturated carbocycles. The quantitative estimate of drug-likeness (QED) is 0.338. The van der Waals surface area contributed by atoms with Gasteiger partial charge in [-0.2, -0.15) is 13.2 Å². The molecule has 1 saturated heterocycles. The van der Waals surface area contributed by atoms with Crippen LogP contribution in [0.15, 0.2) is 84.9 Å². The number of hydrogen-bond donors (Lipinski definition) is 1. The highest BCUT2D eigenvalue weighted by molar-refractivity contribution is 5.94. The van der Waals surface area contributed by atoms with Crippen LogP contribution in [-0.2, 0) is 12.6 Å². The van der Waals surface area contributed by atoms with Gasteiger partial charge in [-0.1, -0.05) is 80.6 Å². The molecule has 1 fully saturated rings. The number of rotatable bonds is 10. The number of halogens is 3. The van der Waals surface area contributed by atoms with Gasteiger partial charge in [0.05, 0.1) is 11.7 Å². The van der Waals surface area contributed by atoms with Crippen molar-refractivity contribution in [3.05, 3.63) is 107 Å². The number of likely N-dealkylation sites (tertiary alicyclic amines) is 1. The summed E-state index contributed by atoms with van der Waals surface area (Å²) in [5.41, 5.74) is 1.58. The minimum atomic E-state index is -4.43. The highest BCUT2D eigenvalue weighted by atomic mass is 19.4. The number of β-amino-alcohol motifs (C(OH)–C–C–N with tert-alkyl or cyclic N) is 1. The molecule has 3 aromatic rings. The van der Waals surface area contributed by atoms with Crippen molar-refractivity contribution in [1.82, 2.24) is 9.80 Å². The lowest BCUT2D eigenvalue weighted by atomic mass is 9.87. The molecular formula is C32H37F3N2O2. The second-order valence-electron chi connectivity index (χ2n) is 11.0. The van der Waals surface area contributed by atoms with Gasteiger partial charge in [0.2, 0.25) is 0 Å². The van der Waals surface area contributed by atoms with Gasteiger partial charge >= 0.3 is 6.18 Å². The maximum absolute atomic E-state index is 13.6. The van der Waals surface area contributed by atoms with Gasteiger partial charge in [-0.3, -0.25) is 9.69 Å². The molecule has 1 aliphatic rings. The van der Waals surface area contributed by atoms with E-state index in [0.29, 0.717) is 50.3 Å². The fraction of sp³-hybridized carbons (Fsp3) is 0.406. The summed E-state index contributed by atoms with van der Waals surface area (Å²) in [5, 5.41) is 10.8. The lowest BCUT2D eigenvalue weighted by Crippen LogP contribution is -2.40. The zero-order valence-electron chi connectivity index (χ0n) is 22.5. The van der Waals surface area contributed by atoms with E-state index in [1.165, 1.54) is 12.1 Å². The van der Waals surface area contributed by atoms with Crippen LogP contribution < -0.4 is 0 Å². The molecule has 0 radical (unpaired) electrons. The van der Waals surface area contributed by atoms with E-state index in [1.54, 1.807) is 18.2 Å². The third-order valence-corrected chi connectivity index (χ3v) is 7.29. The standard InChI is InChI=1S/C32H37F3N2O2/c1-23(2)18-37(31(39)25-12-7-4-8-13-25)20-27-19-36(21-29(38)16-24-10-5-3-6-11-24)22-30(27)26-14-9-15-28(17-26)32(33,34)35/h3-15,17,23,27,29-30,38H,16,18-22H2,1-2H3. The number of hydrogen-bond acceptors (Lipinski definition) is 3. The number of alkyl halides is 3. The molecule has 1 aliphatic heterocycles. The van der Waals surface area contributed by atoms with Crippen LogP contribution in [0.4, 0.5) is 13.2 Å². The first-order valence-electron chi connectivity index (χ1n) is 13.6.